The summed E-state index contributed by atoms with van der Waals surface area (Å²) in [6, 6.07) is 7.20. The van der Waals surface area contributed by atoms with E-state index in [2.05, 4.69) is 31.0 Å². The zero-order valence-corrected chi connectivity index (χ0v) is 20.0. The van der Waals surface area contributed by atoms with Gasteiger partial charge in [-0.15, -0.1) is 13.2 Å². The Labute approximate surface area is 222 Å². The summed E-state index contributed by atoms with van der Waals surface area (Å²) in [6.07, 6.45) is -10.3. The maximum atomic E-state index is 15.1. The Morgan fingerprint density at radius 1 is 0.895 bits per heavy atom. The molecule has 0 spiro atoms. The van der Waals surface area contributed by atoms with Crippen molar-refractivity contribution in [3.63, 3.8) is 0 Å². The molecule has 2 aromatic carbocycles. The highest BCUT2D eigenvalue weighted by atomic mass is 79.9. The third kappa shape index (κ3) is 7.82. The number of carbonyl (C=O) groups excluding carboxylic acids is 1. The van der Waals surface area contributed by atoms with E-state index in [1.807, 2.05) is 0 Å². The Bertz CT molecular complexity index is 1350. The normalized spacial score (nSPS) is 12.1. The van der Waals surface area contributed by atoms with Gasteiger partial charge in [-0.25, -0.2) is 9.37 Å². The number of nitrogens with zero attached hydrogens (tertiary/aromatic N) is 1. The molecule has 38 heavy (non-hydrogen) atoms. The quantitative estimate of drug-likeness (QED) is 0.223. The Kier molecular flexibility index (Phi) is 8.29. The van der Waals surface area contributed by atoms with Gasteiger partial charge in [0.2, 0.25) is 0 Å². The molecule has 1 aromatic heterocycles. The largest absolute Gasteiger partial charge is 0.573 e. The second kappa shape index (κ2) is 10.8. The molecular formula is C21H9B3BrF7N2O4. The number of amides is 1. The predicted molar refractivity (Wildman–Crippen MR) is 125 cm³/mol. The van der Waals surface area contributed by atoms with Crippen LogP contribution in [-0.4, -0.2) is 46.1 Å². The number of rotatable bonds is 7. The average molecular weight is 599 g/mol. The summed E-state index contributed by atoms with van der Waals surface area (Å²) >= 11 is 3.04. The number of hydrogen-bond donors (Lipinski definition) is 1. The summed E-state index contributed by atoms with van der Waals surface area (Å²) in [5, 5.41) is -0.350. The highest BCUT2D eigenvalue weighted by Gasteiger charge is 2.38. The molecule has 1 N–H and O–H groups in total. The van der Waals surface area contributed by atoms with E-state index >= 15 is 4.39 Å². The van der Waals surface area contributed by atoms with Crippen LogP contribution in [0.25, 0.3) is 0 Å². The fraction of sp³-hybridized carbons (Fsp3) is 0.143. The summed E-state index contributed by atoms with van der Waals surface area (Å²) in [5.41, 5.74) is -3.02. The molecule has 192 valence electrons. The zero-order chi connectivity index (χ0) is 28.5. The van der Waals surface area contributed by atoms with Crippen molar-refractivity contribution in [2.45, 2.75) is 17.8 Å². The minimum Gasteiger partial charge on any atom is -0.512 e. The zero-order valence-electron chi connectivity index (χ0n) is 18.5. The molecule has 0 aliphatic heterocycles. The Morgan fingerprint density at radius 2 is 1.55 bits per heavy atom. The highest BCUT2D eigenvalue weighted by molar-refractivity contribution is 9.10. The number of hydrogen-bond acceptors (Lipinski definition) is 5. The van der Waals surface area contributed by atoms with Gasteiger partial charge in [-0.05, 0) is 57.6 Å². The smallest absolute Gasteiger partial charge is 0.512 e. The van der Waals surface area contributed by atoms with Gasteiger partial charge >= 0.3 is 12.5 Å². The van der Waals surface area contributed by atoms with Gasteiger partial charge < -0.3 is 19.5 Å². The predicted octanol–water partition coefficient (Wildman–Crippen LogP) is 5.44. The second-order valence-electron chi connectivity index (χ2n) is 7.31. The van der Waals surface area contributed by atoms with E-state index in [9.17, 15) is 31.1 Å². The molecule has 0 unspecified atom stereocenters. The molecule has 0 bridgehead atoms. The SMILES string of the molecule is [B]C([B])([B])Oc1cc(OC(F)(F)F)ccc1Oc1ccc(C(F)(F)F)c(F)c1C(=O)Nc1cccc(Br)n1. The molecule has 1 heterocycles. The topological polar surface area (TPSA) is 69.7 Å². The van der Waals surface area contributed by atoms with Gasteiger partial charge in [-0.2, -0.15) is 13.2 Å². The Morgan fingerprint density at radius 3 is 2.13 bits per heavy atom. The van der Waals surface area contributed by atoms with Crippen LogP contribution in [0.3, 0.4) is 0 Å². The number of pyridine rings is 1. The number of carbonyl (C=O) groups is 1. The van der Waals surface area contributed by atoms with Gasteiger partial charge in [0, 0.05) is 6.07 Å². The molecular weight excluding hydrogens is 590 g/mol. The van der Waals surface area contributed by atoms with Gasteiger partial charge in [0.05, 0.1) is 5.56 Å². The van der Waals surface area contributed by atoms with E-state index in [1.54, 1.807) is 0 Å². The maximum Gasteiger partial charge on any atom is 0.573 e. The third-order valence-electron chi connectivity index (χ3n) is 4.25. The molecule has 0 fully saturated rings. The van der Waals surface area contributed by atoms with Crippen LogP contribution in [0.15, 0.2) is 53.1 Å². The molecule has 0 aliphatic carbocycles. The maximum absolute atomic E-state index is 15.1. The second-order valence-corrected chi connectivity index (χ2v) is 8.12. The number of halogens is 8. The summed E-state index contributed by atoms with van der Waals surface area (Å²) in [5.74, 6) is -6.48. The van der Waals surface area contributed by atoms with Gasteiger partial charge in [0.15, 0.2) is 17.3 Å². The van der Waals surface area contributed by atoms with Crippen LogP contribution in [-0.2, 0) is 6.18 Å². The van der Waals surface area contributed by atoms with Crippen LogP contribution in [0.2, 0.25) is 0 Å². The number of alkyl halides is 6. The molecule has 0 saturated heterocycles. The van der Waals surface area contributed by atoms with Crippen LogP contribution >= 0.6 is 15.9 Å². The van der Waals surface area contributed by atoms with E-state index in [0.29, 0.717) is 18.2 Å². The average Bonchev–Trinajstić information content (AvgIpc) is 2.72. The number of ether oxygens (including phenoxy) is 3. The van der Waals surface area contributed by atoms with Crippen molar-refractivity contribution in [2.24, 2.45) is 0 Å². The van der Waals surface area contributed by atoms with Crippen LogP contribution in [0, 0.1) is 5.82 Å². The molecule has 0 saturated carbocycles. The van der Waals surface area contributed by atoms with E-state index in [4.69, 9.17) is 33.0 Å². The van der Waals surface area contributed by atoms with E-state index in [1.165, 1.54) is 18.2 Å². The lowest BCUT2D eigenvalue weighted by atomic mass is 9.52. The van der Waals surface area contributed by atoms with E-state index in [0.717, 1.165) is 12.1 Å². The standard InChI is InChI=1S/C21H9B3BrF7N2O4/c22-20(23,24)38-13-8-9(37-21(30,31)32)4-6-11(13)36-12-7-5-10(19(27,28)29)17(26)16(12)18(35)34-15-3-1-2-14(25)33-15/h1-8H,(H,33,34,35). The number of anilines is 1. The number of nitrogens with one attached hydrogen (secondary N) is 1. The summed E-state index contributed by atoms with van der Waals surface area (Å²) in [6.45, 7) is 0. The highest BCUT2D eigenvalue weighted by Crippen LogP contribution is 2.41. The summed E-state index contributed by atoms with van der Waals surface area (Å²) in [7, 11) is 16.0. The van der Waals surface area contributed by atoms with E-state index < -0.39 is 63.7 Å². The monoisotopic (exact) mass is 598 g/mol. The van der Waals surface area contributed by atoms with Gasteiger partial charge in [0.1, 0.15) is 51.0 Å². The van der Waals surface area contributed by atoms with Crippen LogP contribution < -0.4 is 19.5 Å². The number of benzene rings is 2. The first-order valence-electron chi connectivity index (χ1n) is 9.90. The third-order valence-corrected chi connectivity index (χ3v) is 4.69. The molecule has 0 aliphatic rings. The van der Waals surface area contributed by atoms with Gasteiger partial charge in [0.25, 0.3) is 5.91 Å². The van der Waals surface area contributed by atoms with Gasteiger partial charge in [-0.3, -0.25) is 4.79 Å². The molecule has 6 nitrogen and oxygen atoms in total. The summed E-state index contributed by atoms with van der Waals surface area (Å²) < 4.78 is 107. The molecule has 6 radical (unpaired) electrons. The van der Waals surface area contributed by atoms with Gasteiger partial charge in [-0.1, -0.05) is 6.07 Å². The molecule has 0 atom stereocenters. The Balaban J connectivity index is 2.10. The molecule has 3 rings (SSSR count). The van der Waals surface area contributed by atoms with Crippen molar-refractivity contribution < 1.29 is 49.7 Å². The fourth-order valence-corrected chi connectivity index (χ4v) is 3.23. The molecule has 1 amide bonds. The van der Waals surface area contributed by atoms with Crippen molar-refractivity contribution in [3.05, 3.63) is 70.1 Å². The lowest BCUT2D eigenvalue weighted by molar-refractivity contribution is -0.274. The van der Waals surface area contributed by atoms with Crippen molar-refractivity contribution in [2.75, 3.05) is 5.32 Å². The van der Waals surface area contributed by atoms with Crippen molar-refractivity contribution in [3.8, 4) is 23.0 Å². The summed E-state index contributed by atoms with van der Waals surface area (Å²) in [4.78, 5) is 16.7. The van der Waals surface area contributed by atoms with Crippen LogP contribution in [0.5, 0.6) is 23.0 Å². The van der Waals surface area contributed by atoms with Crippen molar-refractivity contribution >= 4 is 51.2 Å². The lowest BCUT2D eigenvalue weighted by Crippen LogP contribution is -2.37. The minimum atomic E-state index is -5.20. The number of aromatic nitrogens is 1. The van der Waals surface area contributed by atoms with E-state index in [-0.39, 0.29) is 10.4 Å². The fourth-order valence-electron chi connectivity index (χ4n) is 2.89. The lowest BCUT2D eigenvalue weighted by Gasteiger charge is -2.25. The van der Waals surface area contributed by atoms with Crippen molar-refractivity contribution in [1.82, 2.24) is 4.98 Å². The Hall–Kier alpha value is -3.36. The van der Waals surface area contributed by atoms with Crippen LogP contribution in [0.1, 0.15) is 15.9 Å². The first-order chi connectivity index (χ1) is 17.4. The van der Waals surface area contributed by atoms with Crippen molar-refractivity contribution in [1.29, 1.82) is 0 Å². The van der Waals surface area contributed by atoms with Crippen LogP contribution in [0.4, 0.5) is 36.6 Å². The first-order valence-corrected chi connectivity index (χ1v) is 10.7. The molecule has 17 heteroatoms. The minimum absolute atomic E-state index is 0.163. The molecule has 3 aromatic rings. The first kappa shape index (κ1) is 29.2.